The maximum Gasteiger partial charge on any atom is 0.118 e. The first-order chi connectivity index (χ1) is 8.28. The van der Waals surface area contributed by atoms with Crippen molar-refractivity contribution in [2.24, 2.45) is 5.73 Å². The quantitative estimate of drug-likeness (QED) is 0.746. The van der Waals surface area contributed by atoms with Gasteiger partial charge in [-0.1, -0.05) is 11.8 Å². The van der Waals surface area contributed by atoms with Gasteiger partial charge in [0, 0.05) is 16.8 Å². The van der Waals surface area contributed by atoms with Gasteiger partial charge < -0.3 is 10.5 Å². The summed E-state index contributed by atoms with van der Waals surface area (Å²) in [5.74, 6) is 7.15. The predicted octanol–water partition coefficient (Wildman–Crippen LogP) is 2.61. The molecule has 0 unspecified atom stereocenters. The Hall–Kier alpha value is -2.14. The van der Waals surface area contributed by atoms with Gasteiger partial charge in [0.1, 0.15) is 5.75 Å². The lowest BCUT2D eigenvalue weighted by Gasteiger charge is -2.05. The second-order valence-corrected chi connectivity index (χ2v) is 3.91. The zero-order valence-electron chi connectivity index (χ0n) is 9.86. The highest BCUT2D eigenvalue weighted by Crippen LogP contribution is 2.14. The van der Waals surface area contributed by atoms with Crippen molar-refractivity contribution in [1.29, 1.82) is 0 Å². The molecule has 0 saturated heterocycles. The summed E-state index contributed by atoms with van der Waals surface area (Å²) in [6.07, 6.45) is 5.77. The molecule has 0 aliphatic heterocycles. The van der Waals surface area contributed by atoms with E-state index in [0.29, 0.717) is 0 Å². The van der Waals surface area contributed by atoms with E-state index in [0.717, 1.165) is 35.4 Å². The van der Waals surface area contributed by atoms with Crippen LogP contribution in [0.4, 0.5) is 0 Å². The van der Waals surface area contributed by atoms with Gasteiger partial charge in [0.2, 0.25) is 0 Å². The summed E-state index contributed by atoms with van der Waals surface area (Å²) in [5, 5.41) is 0. The fourth-order valence-corrected chi connectivity index (χ4v) is 1.58. The molecule has 2 heteroatoms. The molecule has 1 aromatic carbocycles. The number of hydrogen-bond acceptors (Lipinski definition) is 2. The smallest absolute Gasteiger partial charge is 0.118 e. The van der Waals surface area contributed by atoms with Gasteiger partial charge in [0.15, 0.2) is 0 Å². The van der Waals surface area contributed by atoms with Gasteiger partial charge in [-0.25, -0.2) is 0 Å². The highest BCUT2D eigenvalue weighted by atomic mass is 16.5. The molecule has 2 rings (SSSR count). The average molecular weight is 225 g/mol. The van der Waals surface area contributed by atoms with Gasteiger partial charge in [-0.15, -0.1) is 0 Å². The van der Waals surface area contributed by atoms with Gasteiger partial charge >= 0.3 is 0 Å². The van der Waals surface area contributed by atoms with E-state index in [4.69, 9.17) is 10.5 Å². The predicted molar refractivity (Wildman–Crippen MR) is 69.5 cm³/mol. The number of benzene rings is 1. The van der Waals surface area contributed by atoms with E-state index in [9.17, 15) is 0 Å². The Bertz CT molecular complexity index is 512. The zero-order valence-corrected chi connectivity index (χ0v) is 9.86. The molecule has 17 heavy (non-hydrogen) atoms. The van der Waals surface area contributed by atoms with Gasteiger partial charge in [-0.05, 0) is 49.3 Å². The van der Waals surface area contributed by atoms with Crippen molar-refractivity contribution in [1.82, 2.24) is 0 Å². The van der Waals surface area contributed by atoms with Crippen LogP contribution < -0.4 is 10.5 Å². The molecule has 0 spiro atoms. The topological polar surface area (TPSA) is 35.2 Å². The highest BCUT2D eigenvalue weighted by molar-refractivity contribution is 5.44. The van der Waals surface area contributed by atoms with Gasteiger partial charge in [0.25, 0.3) is 0 Å². The third-order valence-electron chi connectivity index (χ3n) is 2.64. The second kappa shape index (κ2) is 5.27. The molecule has 0 radical (unpaired) electrons. The van der Waals surface area contributed by atoms with Crippen LogP contribution in [-0.4, -0.2) is 7.11 Å². The highest BCUT2D eigenvalue weighted by Gasteiger charge is 2.00. The van der Waals surface area contributed by atoms with Crippen LogP contribution in [0.5, 0.6) is 5.75 Å². The van der Waals surface area contributed by atoms with Crippen LogP contribution in [0.15, 0.2) is 47.7 Å². The normalized spacial score (nSPS) is 14.2. The third-order valence-corrected chi connectivity index (χ3v) is 2.64. The SMILES string of the molecule is COc1ccc(C#CC2=CC=C(N)CC2)cc1. The molecular weight excluding hydrogens is 210 g/mol. The van der Waals surface area contributed by atoms with Crippen molar-refractivity contribution in [3.63, 3.8) is 0 Å². The molecule has 1 aliphatic rings. The minimum Gasteiger partial charge on any atom is -0.497 e. The Kier molecular flexibility index (Phi) is 3.52. The van der Waals surface area contributed by atoms with E-state index in [1.165, 1.54) is 0 Å². The molecule has 1 aliphatic carbocycles. The maximum absolute atomic E-state index is 5.69. The molecule has 2 N–H and O–H groups in total. The zero-order chi connectivity index (χ0) is 12.1. The summed E-state index contributed by atoms with van der Waals surface area (Å²) < 4.78 is 5.09. The summed E-state index contributed by atoms with van der Waals surface area (Å²) in [6, 6.07) is 7.74. The molecule has 0 bridgehead atoms. The van der Waals surface area contributed by atoms with Crippen molar-refractivity contribution in [3.05, 3.63) is 53.3 Å². The maximum atomic E-state index is 5.69. The molecule has 0 aromatic heterocycles. The molecule has 0 saturated carbocycles. The van der Waals surface area contributed by atoms with Crippen molar-refractivity contribution in [3.8, 4) is 17.6 Å². The lowest BCUT2D eigenvalue weighted by atomic mass is 10.0. The molecule has 0 amide bonds. The number of allylic oxidation sites excluding steroid dienone is 4. The Balaban J connectivity index is 2.10. The van der Waals surface area contributed by atoms with E-state index in [1.807, 2.05) is 36.4 Å². The summed E-state index contributed by atoms with van der Waals surface area (Å²) in [5.41, 5.74) is 8.75. The lowest BCUT2D eigenvalue weighted by molar-refractivity contribution is 0.415. The minimum absolute atomic E-state index is 0.850. The molecule has 0 heterocycles. The summed E-state index contributed by atoms with van der Waals surface area (Å²) in [4.78, 5) is 0. The standard InChI is InChI=1S/C15H15NO/c1-17-15-10-6-13(7-11-15)3-2-12-4-8-14(16)9-5-12/h4,6-8,10-11H,5,9,16H2,1H3. The first-order valence-electron chi connectivity index (χ1n) is 5.59. The average Bonchev–Trinajstić information content (AvgIpc) is 2.39. The molecular formula is C15H15NO. The molecule has 1 aromatic rings. The monoisotopic (exact) mass is 225 g/mol. The van der Waals surface area contributed by atoms with Gasteiger partial charge in [0.05, 0.1) is 7.11 Å². The van der Waals surface area contributed by atoms with Crippen LogP contribution in [0.25, 0.3) is 0 Å². The summed E-state index contributed by atoms with van der Waals surface area (Å²) >= 11 is 0. The number of hydrogen-bond donors (Lipinski definition) is 1. The van der Waals surface area contributed by atoms with Crippen LogP contribution in [-0.2, 0) is 0 Å². The number of methoxy groups -OCH3 is 1. The third kappa shape index (κ3) is 3.15. The second-order valence-electron chi connectivity index (χ2n) is 3.91. The first kappa shape index (κ1) is 11.3. The number of nitrogens with two attached hydrogens (primary N) is 1. The van der Waals surface area contributed by atoms with Crippen molar-refractivity contribution >= 4 is 0 Å². The summed E-state index contributed by atoms with van der Waals surface area (Å²) in [6.45, 7) is 0. The Morgan fingerprint density at radius 2 is 1.82 bits per heavy atom. The van der Waals surface area contributed by atoms with E-state index in [2.05, 4.69) is 11.8 Å². The number of ether oxygens (including phenoxy) is 1. The van der Waals surface area contributed by atoms with E-state index in [-0.39, 0.29) is 0 Å². The molecule has 0 fully saturated rings. The van der Waals surface area contributed by atoms with Crippen LogP contribution in [0.3, 0.4) is 0 Å². The van der Waals surface area contributed by atoms with Gasteiger partial charge in [-0.3, -0.25) is 0 Å². The van der Waals surface area contributed by atoms with Crippen molar-refractivity contribution in [2.75, 3.05) is 7.11 Å². The van der Waals surface area contributed by atoms with Crippen LogP contribution in [0, 0.1) is 11.8 Å². The van der Waals surface area contributed by atoms with E-state index >= 15 is 0 Å². The fraction of sp³-hybridized carbons (Fsp3) is 0.200. The lowest BCUT2D eigenvalue weighted by Crippen LogP contribution is -2.00. The number of rotatable bonds is 1. The van der Waals surface area contributed by atoms with E-state index in [1.54, 1.807) is 7.11 Å². The van der Waals surface area contributed by atoms with Crippen LogP contribution in [0.2, 0.25) is 0 Å². The fourth-order valence-electron chi connectivity index (χ4n) is 1.58. The first-order valence-corrected chi connectivity index (χ1v) is 5.59. The Morgan fingerprint density at radius 1 is 1.06 bits per heavy atom. The summed E-state index contributed by atoms with van der Waals surface area (Å²) in [7, 11) is 1.66. The van der Waals surface area contributed by atoms with Crippen molar-refractivity contribution in [2.45, 2.75) is 12.8 Å². The molecule has 0 atom stereocenters. The van der Waals surface area contributed by atoms with Crippen LogP contribution in [0.1, 0.15) is 18.4 Å². The van der Waals surface area contributed by atoms with Crippen LogP contribution >= 0.6 is 0 Å². The Labute approximate surface area is 102 Å². The Morgan fingerprint density at radius 3 is 2.41 bits per heavy atom. The van der Waals surface area contributed by atoms with Gasteiger partial charge in [-0.2, -0.15) is 0 Å². The van der Waals surface area contributed by atoms with Crippen molar-refractivity contribution < 1.29 is 4.74 Å². The molecule has 2 nitrogen and oxygen atoms in total. The largest absolute Gasteiger partial charge is 0.497 e. The molecule has 86 valence electrons. The minimum atomic E-state index is 0.850. The van der Waals surface area contributed by atoms with E-state index < -0.39 is 0 Å².